The zero-order chi connectivity index (χ0) is 16.7. The van der Waals surface area contributed by atoms with Crippen molar-refractivity contribution in [1.29, 1.82) is 0 Å². The van der Waals surface area contributed by atoms with Crippen molar-refractivity contribution in [3.63, 3.8) is 0 Å². The molecule has 1 heterocycles. The lowest BCUT2D eigenvalue weighted by atomic mass is 9.81. The van der Waals surface area contributed by atoms with Crippen LogP contribution in [0.3, 0.4) is 0 Å². The number of carbonyl (C=O) groups excluding carboxylic acids is 1. The van der Waals surface area contributed by atoms with Crippen molar-refractivity contribution in [2.45, 2.75) is 46.0 Å². The molecule has 25 heavy (non-hydrogen) atoms. The number of nitrogens with zero attached hydrogens (tertiary/aromatic N) is 1. The number of hydrogen-bond acceptors (Lipinski definition) is 3. The molecule has 144 valence electrons. The summed E-state index contributed by atoms with van der Waals surface area (Å²) in [7, 11) is 0. The van der Waals surface area contributed by atoms with E-state index in [0.29, 0.717) is 6.54 Å². The SMILES string of the molecule is CCC(CC)(CN)C(=O)Nc1ccc(CCN2CCCC2)cc1.Cl.Cl. The van der Waals surface area contributed by atoms with Gasteiger partial charge >= 0.3 is 0 Å². The largest absolute Gasteiger partial charge is 0.329 e. The Labute approximate surface area is 164 Å². The van der Waals surface area contributed by atoms with Crippen LogP contribution in [0.1, 0.15) is 45.1 Å². The molecule has 1 aromatic rings. The highest BCUT2D eigenvalue weighted by Crippen LogP contribution is 2.27. The van der Waals surface area contributed by atoms with Crippen LogP contribution in [0.15, 0.2) is 24.3 Å². The molecule has 0 aromatic heterocycles. The molecule has 2 rings (SSSR count). The number of nitrogens with one attached hydrogen (secondary N) is 1. The molecule has 1 aliphatic rings. The van der Waals surface area contributed by atoms with Crippen LogP contribution in [0, 0.1) is 5.41 Å². The summed E-state index contributed by atoms with van der Waals surface area (Å²) in [6, 6.07) is 8.25. The van der Waals surface area contributed by atoms with Gasteiger partial charge in [0.1, 0.15) is 0 Å². The maximum absolute atomic E-state index is 12.5. The number of likely N-dealkylation sites (tertiary alicyclic amines) is 1. The molecular weight excluding hydrogens is 357 g/mol. The van der Waals surface area contributed by atoms with Gasteiger partial charge in [-0.05, 0) is 62.9 Å². The van der Waals surface area contributed by atoms with Gasteiger partial charge in [0.25, 0.3) is 0 Å². The number of hydrogen-bond donors (Lipinski definition) is 2. The van der Waals surface area contributed by atoms with Crippen LogP contribution in [-0.2, 0) is 11.2 Å². The van der Waals surface area contributed by atoms with Crippen molar-refractivity contribution in [2.75, 3.05) is 31.5 Å². The molecule has 0 radical (unpaired) electrons. The zero-order valence-electron chi connectivity index (χ0n) is 15.4. The number of carbonyl (C=O) groups is 1. The standard InChI is InChI=1S/C19H31N3O.2ClH/c1-3-19(4-2,15-20)18(23)21-17-9-7-16(8-10-17)11-14-22-12-5-6-13-22;;/h7-10H,3-6,11-15,20H2,1-2H3,(H,21,23);2*1H. The number of anilines is 1. The Morgan fingerprint density at radius 1 is 1.12 bits per heavy atom. The zero-order valence-corrected chi connectivity index (χ0v) is 17.1. The molecular formula is C19H33Cl2N3O. The number of amides is 1. The average molecular weight is 390 g/mol. The van der Waals surface area contributed by atoms with E-state index in [0.717, 1.165) is 31.5 Å². The molecule has 1 aromatic carbocycles. The second kappa shape index (κ2) is 11.7. The molecule has 4 nitrogen and oxygen atoms in total. The molecule has 0 atom stereocenters. The quantitative estimate of drug-likeness (QED) is 0.709. The Balaban J connectivity index is 0.00000288. The van der Waals surface area contributed by atoms with Crippen LogP contribution >= 0.6 is 24.8 Å². The fraction of sp³-hybridized carbons (Fsp3) is 0.632. The summed E-state index contributed by atoms with van der Waals surface area (Å²) in [5, 5.41) is 3.03. The molecule has 1 amide bonds. The van der Waals surface area contributed by atoms with Crippen LogP contribution in [0.25, 0.3) is 0 Å². The highest BCUT2D eigenvalue weighted by atomic mass is 35.5. The van der Waals surface area contributed by atoms with Gasteiger partial charge in [-0.3, -0.25) is 4.79 Å². The smallest absolute Gasteiger partial charge is 0.231 e. The van der Waals surface area contributed by atoms with Crippen LogP contribution in [-0.4, -0.2) is 37.0 Å². The number of nitrogens with two attached hydrogens (primary N) is 1. The van der Waals surface area contributed by atoms with Crippen molar-refractivity contribution in [3.05, 3.63) is 29.8 Å². The third-order valence-corrected chi connectivity index (χ3v) is 5.35. The van der Waals surface area contributed by atoms with Crippen LogP contribution in [0.4, 0.5) is 5.69 Å². The third kappa shape index (κ3) is 6.45. The van der Waals surface area contributed by atoms with E-state index in [2.05, 4.69) is 22.3 Å². The minimum atomic E-state index is -0.450. The molecule has 3 N–H and O–H groups in total. The first-order chi connectivity index (χ1) is 11.1. The fourth-order valence-corrected chi connectivity index (χ4v) is 3.26. The maximum Gasteiger partial charge on any atom is 0.231 e. The lowest BCUT2D eigenvalue weighted by molar-refractivity contribution is -0.125. The highest BCUT2D eigenvalue weighted by molar-refractivity contribution is 5.95. The first kappa shape index (κ1) is 24.2. The minimum Gasteiger partial charge on any atom is -0.329 e. The number of halogens is 2. The van der Waals surface area contributed by atoms with E-state index < -0.39 is 5.41 Å². The first-order valence-electron chi connectivity index (χ1n) is 8.96. The Morgan fingerprint density at radius 3 is 2.16 bits per heavy atom. The minimum absolute atomic E-state index is 0. The third-order valence-electron chi connectivity index (χ3n) is 5.35. The van der Waals surface area contributed by atoms with Crippen LogP contribution in [0.5, 0.6) is 0 Å². The summed E-state index contributed by atoms with van der Waals surface area (Å²) in [6.45, 7) is 8.05. The van der Waals surface area contributed by atoms with Gasteiger partial charge in [-0.2, -0.15) is 0 Å². The normalized spacial score (nSPS) is 14.5. The number of benzene rings is 1. The van der Waals surface area contributed by atoms with Crippen molar-refractivity contribution < 1.29 is 4.79 Å². The van der Waals surface area contributed by atoms with E-state index in [4.69, 9.17) is 5.73 Å². The topological polar surface area (TPSA) is 58.4 Å². The summed E-state index contributed by atoms with van der Waals surface area (Å²) in [4.78, 5) is 15.0. The predicted molar refractivity (Wildman–Crippen MR) is 111 cm³/mol. The van der Waals surface area contributed by atoms with Gasteiger partial charge < -0.3 is 16.0 Å². The van der Waals surface area contributed by atoms with Crippen LogP contribution in [0.2, 0.25) is 0 Å². The second-order valence-electron chi connectivity index (χ2n) is 6.64. The van der Waals surface area contributed by atoms with Gasteiger partial charge in [0.05, 0.1) is 5.41 Å². The van der Waals surface area contributed by atoms with E-state index in [1.165, 1.54) is 31.5 Å². The maximum atomic E-state index is 12.5. The second-order valence-corrected chi connectivity index (χ2v) is 6.64. The highest BCUT2D eigenvalue weighted by Gasteiger charge is 2.33. The van der Waals surface area contributed by atoms with Crippen molar-refractivity contribution in [2.24, 2.45) is 11.1 Å². The Hall–Kier alpha value is -0.810. The van der Waals surface area contributed by atoms with Gasteiger partial charge in [-0.15, -0.1) is 24.8 Å². The predicted octanol–water partition coefficient (Wildman–Crippen LogP) is 3.87. The fourth-order valence-electron chi connectivity index (χ4n) is 3.26. The van der Waals surface area contributed by atoms with Crippen LogP contribution < -0.4 is 11.1 Å². The lowest BCUT2D eigenvalue weighted by Crippen LogP contribution is -2.41. The monoisotopic (exact) mass is 389 g/mol. The molecule has 0 bridgehead atoms. The van der Waals surface area contributed by atoms with E-state index in [9.17, 15) is 4.79 Å². The average Bonchev–Trinajstić information content (AvgIpc) is 3.10. The molecule has 0 unspecified atom stereocenters. The summed E-state index contributed by atoms with van der Waals surface area (Å²) in [5.41, 5.74) is 7.58. The molecule has 6 heteroatoms. The van der Waals surface area contributed by atoms with Gasteiger partial charge in [0, 0.05) is 18.8 Å². The van der Waals surface area contributed by atoms with Crippen molar-refractivity contribution >= 4 is 36.4 Å². The molecule has 0 spiro atoms. The Kier molecular flexibility index (Phi) is 11.4. The van der Waals surface area contributed by atoms with Gasteiger partial charge in [0.2, 0.25) is 5.91 Å². The first-order valence-corrected chi connectivity index (χ1v) is 8.96. The van der Waals surface area contributed by atoms with E-state index in [-0.39, 0.29) is 30.7 Å². The summed E-state index contributed by atoms with van der Waals surface area (Å²) in [5.74, 6) is 0.0369. The molecule has 1 fully saturated rings. The Morgan fingerprint density at radius 2 is 1.68 bits per heavy atom. The van der Waals surface area contributed by atoms with E-state index in [1.807, 2.05) is 26.0 Å². The molecule has 0 saturated carbocycles. The number of rotatable bonds is 8. The molecule has 1 saturated heterocycles. The summed E-state index contributed by atoms with van der Waals surface area (Å²) in [6.07, 6.45) is 5.27. The molecule has 1 aliphatic heterocycles. The summed E-state index contributed by atoms with van der Waals surface area (Å²) < 4.78 is 0. The summed E-state index contributed by atoms with van der Waals surface area (Å²) >= 11 is 0. The van der Waals surface area contributed by atoms with Gasteiger partial charge in [-0.1, -0.05) is 26.0 Å². The lowest BCUT2D eigenvalue weighted by Gasteiger charge is -2.28. The Bertz CT molecular complexity index is 490. The van der Waals surface area contributed by atoms with Crippen molar-refractivity contribution in [1.82, 2.24) is 4.90 Å². The van der Waals surface area contributed by atoms with Crippen molar-refractivity contribution in [3.8, 4) is 0 Å². The van der Waals surface area contributed by atoms with E-state index in [1.54, 1.807) is 0 Å². The molecule has 0 aliphatic carbocycles. The van der Waals surface area contributed by atoms with Gasteiger partial charge in [0.15, 0.2) is 0 Å². The van der Waals surface area contributed by atoms with Gasteiger partial charge in [-0.25, -0.2) is 0 Å². The van der Waals surface area contributed by atoms with E-state index >= 15 is 0 Å².